The summed E-state index contributed by atoms with van der Waals surface area (Å²) in [4.78, 5) is 12.8. The van der Waals surface area contributed by atoms with Gasteiger partial charge >= 0.3 is 6.03 Å². The molecule has 0 radical (unpaired) electrons. The number of carbonyl (C=O) groups excluding carboxylic acids is 1. The Hall–Kier alpha value is -1.51. The summed E-state index contributed by atoms with van der Waals surface area (Å²) in [5, 5.41) is 0. The van der Waals surface area contributed by atoms with Crippen LogP contribution in [-0.2, 0) is 5.41 Å². The quantitative estimate of drug-likeness (QED) is 0.771. The van der Waals surface area contributed by atoms with Gasteiger partial charge in [0, 0.05) is 13.1 Å². The van der Waals surface area contributed by atoms with Crippen LogP contribution in [0.4, 0.5) is 4.79 Å². The molecule has 0 aliphatic carbocycles. The van der Waals surface area contributed by atoms with E-state index in [2.05, 4.69) is 31.2 Å². The Balaban J connectivity index is 2.10. The molecule has 1 aromatic carbocycles. The molecule has 1 aliphatic heterocycles. The zero-order chi connectivity index (χ0) is 11.6. The summed E-state index contributed by atoms with van der Waals surface area (Å²) in [6, 6.07) is 10.2. The molecule has 1 fully saturated rings. The van der Waals surface area contributed by atoms with Gasteiger partial charge in [0.1, 0.15) is 0 Å². The second-order valence-corrected chi connectivity index (χ2v) is 4.75. The van der Waals surface area contributed by atoms with Crippen molar-refractivity contribution in [2.75, 3.05) is 13.1 Å². The van der Waals surface area contributed by atoms with E-state index in [1.54, 1.807) is 4.90 Å². The predicted octanol–water partition coefficient (Wildman–Crippen LogP) is 2.12. The highest BCUT2D eigenvalue weighted by Gasteiger charge is 2.32. The molecule has 1 saturated heterocycles. The van der Waals surface area contributed by atoms with Gasteiger partial charge in [0.2, 0.25) is 0 Å². The van der Waals surface area contributed by atoms with Crippen molar-refractivity contribution in [1.29, 1.82) is 0 Å². The van der Waals surface area contributed by atoms with Gasteiger partial charge in [-0.05, 0) is 23.8 Å². The minimum Gasteiger partial charge on any atom is -0.351 e. The van der Waals surface area contributed by atoms with Crippen molar-refractivity contribution in [2.24, 2.45) is 5.73 Å². The van der Waals surface area contributed by atoms with Crippen molar-refractivity contribution < 1.29 is 4.79 Å². The van der Waals surface area contributed by atoms with Gasteiger partial charge in [0.05, 0.1) is 0 Å². The number of likely N-dealkylation sites (tertiary alicyclic amines) is 1. The molecule has 1 aliphatic rings. The fraction of sp³-hybridized carbons (Fsp3) is 0.462. The van der Waals surface area contributed by atoms with Crippen LogP contribution >= 0.6 is 0 Å². The van der Waals surface area contributed by atoms with Gasteiger partial charge in [-0.3, -0.25) is 0 Å². The first-order chi connectivity index (χ1) is 7.62. The zero-order valence-corrected chi connectivity index (χ0v) is 9.65. The molecule has 1 aromatic rings. The number of primary amides is 1. The van der Waals surface area contributed by atoms with Crippen molar-refractivity contribution in [3.05, 3.63) is 35.9 Å². The number of nitrogens with two attached hydrogens (primary N) is 1. The number of nitrogens with zero attached hydrogens (tertiary/aromatic N) is 1. The Morgan fingerprint density at radius 2 is 1.81 bits per heavy atom. The van der Waals surface area contributed by atoms with Crippen LogP contribution in [0.15, 0.2) is 30.3 Å². The number of rotatable bonds is 1. The van der Waals surface area contributed by atoms with Crippen LogP contribution in [0.3, 0.4) is 0 Å². The largest absolute Gasteiger partial charge is 0.351 e. The van der Waals surface area contributed by atoms with E-state index in [0.717, 1.165) is 25.9 Å². The molecule has 1 heterocycles. The second-order valence-electron chi connectivity index (χ2n) is 4.75. The van der Waals surface area contributed by atoms with Crippen LogP contribution < -0.4 is 5.73 Å². The van der Waals surface area contributed by atoms with Gasteiger partial charge < -0.3 is 10.6 Å². The minimum atomic E-state index is -0.296. The summed E-state index contributed by atoms with van der Waals surface area (Å²) in [5.74, 6) is 0. The van der Waals surface area contributed by atoms with Gasteiger partial charge in [-0.25, -0.2) is 4.79 Å². The van der Waals surface area contributed by atoms with Gasteiger partial charge in [-0.2, -0.15) is 0 Å². The van der Waals surface area contributed by atoms with E-state index in [9.17, 15) is 4.79 Å². The minimum absolute atomic E-state index is 0.188. The van der Waals surface area contributed by atoms with E-state index in [4.69, 9.17) is 5.73 Å². The van der Waals surface area contributed by atoms with Gasteiger partial charge in [0.25, 0.3) is 0 Å². The Labute approximate surface area is 96.2 Å². The molecule has 0 atom stereocenters. The van der Waals surface area contributed by atoms with E-state index >= 15 is 0 Å². The van der Waals surface area contributed by atoms with E-state index in [1.807, 2.05) is 6.07 Å². The molecule has 2 amide bonds. The molecule has 3 nitrogen and oxygen atoms in total. The number of carbonyl (C=O) groups is 1. The molecule has 0 spiro atoms. The molecule has 3 heteroatoms. The molecular formula is C13H18N2O. The van der Waals surface area contributed by atoms with Crippen molar-refractivity contribution in [3.63, 3.8) is 0 Å². The molecule has 0 saturated carbocycles. The molecule has 0 aromatic heterocycles. The first kappa shape index (κ1) is 11.0. The molecule has 16 heavy (non-hydrogen) atoms. The average Bonchev–Trinajstić information content (AvgIpc) is 2.31. The monoisotopic (exact) mass is 218 g/mol. The third-order valence-electron chi connectivity index (χ3n) is 3.65. The lowest BCUT2D eigenvalue weighted by molar-refractivity contribution is 0.171. The van der Waals surface area contributed by atoms with Crippen molar-refractivity contribution >= 4 is 6.03 Å². The van der Waals surface area contributed by atoms with E-state index in [1.165, 1.54) is 5.56 Å². The van der Waals surface area contributed by atoms with Crippen molar-refractivity contribution in [1.82, 2.24) is 4.90 Å². The van der Waals surface area contributed by atoms with Crippen LogP contribution in [0.2, 0.25) is 0 Å². The third kappa shape index (κ3) is 2.03. The Morgan fingerprint density at radius 3 is 2.31 bits per heavy atom. The molecule has 0 bridgehead atoms. The number of benzene rings is 1. The van der Waals surface area contributed by atoms with Gasteiger partial charge in [-0.1, -0.05) is 37.3 Å². The third-order valence-corrected chi connectivity index (χ3v) is 3.65. The molecule has 2 N–H and O–H groups in total. The Morgan fingerprint density at radius 1 is 1.25 bits per heavy atom. The topological polar surface area (TPSA) is 46.3 Å². The molecular weight excluding hydrogens is 200 g/mol. The second kappa shape index (κ2) is 4.16. The lowest BCUT2D eigenvalue weighted by atomic mass is 9.75. The summed E-state index contributed by atoms with van der Waals surface area (Å²) < 4.78 is 0. The number of hydrogen-bond donors (Lipinski definition) is 1. The number of amides is 2. The predicted molar refractivity (Wildman–Crippen MR) is 64.2 cm³/mol. The van der Waals surface area contributed by atoms with E-state index in [-0.39, 0.29) is 11.4 Å². The number of hydrogen-bond acceptors (Lipinski definition) is 1. The first-order valence-corrected chi connectivity index (χ1v) is 5.72. The van der Waals surface area contributed by atoms with E-state index in [0.29, 0.717) is 0 Å². The van der Waals surface area contributed by atoms with E-state index < -0.39 is 0 Å². The lowest BCUT2D eigenvalue weighted by Crippen LogP contribution is -2.46. The highest BCUT2D eigenvalue weighted by Crippen LogP contribution is 2.34. The fourth-order valence-electron chi connectivity index (χ4n) is 2.35. The number of piperidine rings is 1. The van der Waals surface area contributed by atoms with Crippen molar-refractivity contribution in [3.8, 4) is 0 Å². The normalized spacial score (nSPS) is 19.4. The van der Waals surface area contributed by atoms with Crippen molar-refractivity contribution in [2.45, 2.75) is 25.2 Å². The summed E-state index contributed by atoms with van der Waals surface area (Å²) in [6.45, 7) is 3.79. The van der Waals surface area contributed by atoms with Crippen LogP contribution in [-0.4, -0.2) is 24.0 Å². The standard InChI is InChI=1S/C13H18N2O/c1-13(11-5-3-2-4-6-11)7-9-15(10-8-13)12(14)16/h2-6H,7-10H2,1H3,(H2,14,16). The summed E-state index contributed by atoms with van der Waals surface area (Å²) in [5.41, 5.74) is 6.83. The molecule has 0 unspecified atom stereocenters. The van der Waals surface area contributed by atoms with Gasteiger partial charge in [0.15, 0.2) is 0 Å². The maximum atomic E-state index is 11.1. The number of urea groups is 1. The van der Waals surface area contributed by atoms with Gasteiger partial charge in [-0.15, -0.1) is 0 Å². The first-order valence-electron chi connectivity index (χ1n) is 5.72. The van der Waals surface area contributed by atoms with Crippen LogP contribution in [0.1, 0.15) is 25.3 Å². The SMILES string of the molecule is CC1(c2ccccc2)CCN(C(N)=O)CC1. The molecule has 2 rings (SSSR count). The maximum Gasteiger partial charge on any atom is 0.314 e. The Bertz CT molecular complexity index is 367. The van der Waals surface area contributed by atoms with Crippen LogP contribution in [0, 0.1) is 0 Å². The van der Waals surface area contributed by atoms with Crippen LogP contribution in [0.5, 0.6) is 0 Å². The summed E-state index contributed by atoms with van der Waals surface area (Å²) >= 11 is 0. The van der Waals surface area contributed by atoms with Crippen LogP contribution in [0.25, 0.3) is 0 Å². The average molecular weight is 218 g/mol. The highest BCUT2D eigenvalue weighted by molar-refractivity contribution is 5.72. The lowest BCUT2D eigenvalue weighted by Gasteiger charge is -2.39. The maximum absolute atomic E-state index is 11.1. The smallest absolute Gasteiger partial charge is 0.314 e. The summed E-state index contributed by atoms with van der Waals surface area (Å²) in [7, 11) is 0. The summed E-state index contributed by atoms with van der Waals surface area (Å²) in [6.07, 6.45) is 1.97. The zero-order valence-electron chi connectivity index (χ0n) is 9.65. The Kier molecular flexibility index (Phi) is 2.86. The highest BCUT2D eigenvalue weighted by atomic mass is 16.2. The molecule has 86 valence electrons. The fourth-order valence-corrected chi connectivity index (χ4v) is 2.35.